The second-order valence-electron chi connectivity index (χ2n) is 6.88. The molecule has 0 radical (unpaired) electrons. The highest BCUT2D eigenvalue weighted by Gasteiger charge is 2.34. The first-order valence-electron chi connectivity index (χ1n) is 8.12. The third kappa shape index (κ3) is 3.71. The van der Waals surface area contributed by atoms with Crippen LogP contribution < -0.4 is 5.32 Å². The van der Waals surface area contributed by atoms with Crippen LogP contribution in [0, 0.1) is 5.41 Å². The van der Waals surface area contributed by atoms with Gasteiger partial charge in [0.15, 0.2) is 0 Å². The number of nitrogens with one attached hydrogen (secondary N) is 1. The largest absolute Gasteiger partial charge is 0.312 e. The van der Waals surface area contributed by atoms with Crippen LogP contribution in [0.1, 0.15) is 65.7 Å². The standard InChI is InChI=1S/C16H32N2/c1-4-16(9-5-6-10-16)13-18-11-7-14(2)17-15(3)8-12-18/h14-15,17H,4-13H2,1-3H3. The van der Waals surface area contributed by atoms with E-state index in [1.54, 1.807) is 0 Å². The van der Waals surface area contributed by atoms with Gasteiger partial charge in [-0.2, -0.15) is 0 Å². The molecule has 18 heavy (non-hydrogen) atoms. The van der Waals surface area contributed by atoms with E-state index in [2.05, 4.69) is 31.0 Å². The van der Waals surface area contributed by atoms with E-state index < -0.39 is 0 Å². The van der Waals surface area contributed by atoms with Crippen LogP contribution in [-0.4, -0.2) is 36.6 Å². The van der Waals surface area contributed by atoms with E-state index in [4.69, 9.17) is 0 Å². The summed E-state index contributed by atoms with van der Waals surface area (Å²) in [4.78, 5) is 2.77. The van der Waals surface area contributed by atoms with E-state index in [0.29, 0.717) is 17.5 Å². The molecule has 1 heterocycles. The van der Waals surface area contributed by atoms with Gasteiger partial charge in [0.2, 0.25) is 0 Å². The van der Waals surface area contributed by atoms with Crippen molar-refractivity contribution in [2.75, 3.05) is 19.6 Å². The molecule has 2 unspecified atom stereocenters. The minimum absolute atomic E-state index is 0.666. The van der Waals surface area contributed by atoms with Gasteiger partial charge in [-0.3, -0.25) is 0 Å². The van der Waals surface area contributed by atoms with Crippen molar-refractivity contribution in [2.45, 2.75) is 77.8 Å². The van der Waals surface area contributed by atoms with Gasteiger partial charge in [0.25, 0.3) is 0 Å². The van der Waals surface area contributed by atoms with E-state index in [1.165, 1.54) is 64.6 Å². The van der Waals surface area contributed by atoms with Crippen molar-refractivity contribution in [3.8, 4) is 0 Å². The number of nitrogens with zero attached hydrogens (tertiary/aromatic N) is 1. The van der Waals surface area contributed by atoms with Crippen LogP contribution in [-0.2, 0) is 0 Å². The van der Waals surface area contributed by atoms with Gasteiger partial charge in [0.1, 0.15) is 0 Å². The molecule has 1 aliphatic carbocycles. The topological polar surface area (TPSA) is 15.3 Å². The first kappa shape index (κ1) is 14.3. The van der Waals surface area contributed by atoms with E-state index in [9.17, 15) is 0 Å². The van der Waals surface area contributed by atoms with Gasteiger partial charge in [-0.25, -0.2) is 0 Å². The van der Waals surface area contributed by atoms with Crippen LogP contribution in [0.15, 0.2) is 0 Å². The summed E-state index contributed by atoms with van der Waals surface area (Å²) < 4.78 is 0. The zero-order chi connectivity index (χ0) is 13.0. The molecule has 0 amide bonds. The summed E-state index contributed by atoms with van der Waals surface area (Å²) in [5.74, 6) is 0. The molecule has 106 valence electrons. The van der Waals surface area contributed by atoms with Crippen LogP contribution in [0.3, 0.4) is 0 Å². The Bertz CT molecular complexity index is 233. The normalized spacial score (nSPS) is 34.2. The summed E-state index contributed by atoms with van der Waals surface area (Å²) in [7, 11) is 0. The SMILES string of the molecule is CCC1(CN2CCC(C)NC(C)CC2)CCCC1. The maximum Gasteiger partial charge on any atom is 0.00533 e. The summed E-state index contributed by atoms with van der Waals surface area (Å²) in [6.45, 7) is 11.0. The number of rotatable bonds is 3. The molecule has 0 spiro atoms. The molecule has 0 aromatic rings. The summed E-state index contributed by atoms with van der Waals surface area (Å²) in [5, 5.41) is 3.69. The Morgan fingerprint density at radius 1 is 1.06 bits per heavy atom. The fourth-order valence-corrected chi connectivity index (χ4v) is 3.90. The number of hydrogen-bond acceptors (Lipinski definition) is 2. The molecular weight excluding hydrogens is 220 g/mol. The molecule has 1 saturated heterocycles. The quantitative estimate of drug-likeness (QED) is 0.828. The van der Waals surface area contributed by atoms with Crippen LogP contribution >= 0.6 is 0 Å². The second kappa shape index (κ2) is 6.38. The monoisotopic (exact) mass is 252 g/mol. The third-order valence-corrected chi connectivity index (χ3v) is 5.30. The van der Waals surface area contributed by atoms with Crippen molar-refractivity contribution >= 4 is 0 Å². The molecule has 2 fully saturated rings. The van der Waals surface area contributed by atoms with Gasteiger partial charge in [-0.1, -0.05) is 19.8 Å². The molecule has 2 atom stereocenters. The third-order valence-electron chi connectivity index (χ3n) is 5.30. The maximum atomic E-state index is 3.69. The maximum absolute atomic E-state index is 3.69. The lowest BCUT2D eigenvalue weighted by molar-refractivity contribution is 0.128. The van der Waals surface area contributed by atoms with E-state index in [1.807, 2.05) is 0 Å². The Morgan fingerprint density at radius 3 is 2.11 bits per heavy atom. The average Bonchev–Trinajstić information content (AvgIpc) is 2.80. The highest BCUT2D eigenvalue weighted by molar-refractivity contribution is 4.87. The minimum atomic E-state index is 0.666. The predicted octanol–water partition coefficient (Wildman–Crippen LogP) is 3.42. The summed E-state index contributed by atoms with van der Waals surface area (Å²) in [6.07, 6.45) is 9.89. The smallest absolute Gasteiger partial charge is 0.00533 e. The molecule has 0 aromatic heterocycles. The first-order valence-corrected chi connectivity index (χ1v) is 8.12. The van der Waals surface area contributed by atoms with Crippen molar-refractivity contribution in [3.05, 3.63) is 0 Å². The molecule has 0 aromatic carbocycles. The minimum Gasteiger partial charge on any atom is -0.312 e. The van der Waals surface area contributed by atoms with Crippen LogP contribution in [0.4, 0.5) is 0 Å². The molecule has 0 bridgehead atoms. The lowest BCUT2D eigenvalue weighted by Gasteiger charge is -2.37. The highest BCUT2D eigenvalue weighted by Crippen LogP contribution is 2.41. The molecule has 2 heteroatoms. The molecule has 1 aliphatic heterocycles. The van der Waals surface area contributed by atoms with E-state index >= 15 is 0 Å². The Labute approximate surface area is 114 Å². The van der Waals surface area contributed by atoms with Crippen LogP contribution in [0.2, 0.25) is 0 Å². The van der Waals surface area contributed by atoms with Gasteiger partial charge in [-0.15, -0.1) is 0 Å². The Morgan fingerprint density at radius 2 is 1.61 bits per heavy atom. The van der Waals surface area contributed by atoms with Crippen molar-refractivity contribution in [1.82, 2.24) is 10.2 Å². The van der Waals surface area contributed by atoms with Crippen molar-refractivity contribution in [2.24, 2.45) is 5.41 Å². The molecule has 1 N–H and O–H groups in total. The average molecular weight is 252 g/mol. The molecule has 1 saturated carbocycles. The lowest BCUT2D eigenvalue weighted by atomic mass is 9.82. The summed E-state index contributed by atoms with van der Waals surface area (Å²) in [5.41, 5.74) is 0.666. The van der Waals surface area contributed by atoms with Crippen LogP contribution in [0.5, 0.6) is 0 Å². The van der Waals surface area contributed by atoms with Gasteiger partial charge in [-0.05, 0) is 64.5 Å². The molecule has 2 nitrogen and oxygen atoms in total. The van der Waals surface area contributed by atoms with Crippen molar-refractivity contribution in [1.29, 1.82) is 0 Å². The van der Waals surface area contributed by atoms with Gasteiger partial charge >= 0.3 is 0 Å². The second-order valence-corrected chi connectivity index (χ2v) is 6.88. The summed E-state index contributed by atoms with van der Waals surface area (Å²) >= 11 is 0. The first-order chi connectivity index (χ1) is 8.63. The Balaban J connectivity index is 1.90. The summed E-state index contributed by atoms with van der Waals surface area (Å²) in [6, 6.07) is 1.37. The Kier molecular flexibility index (Phi) is 5.08. The van der Waals surface area contributed by atoms with E-state index in [-0.39, 0.29) is 0 Å². The Hall–Kier alpha value is -0.0800. The lowest BCUT2D eigenvalue weighted by Crippen LogP contribution is -2.45. The molecule has 2 rings (SSSR count). The fourth-order valence-electron chi connectivity index (χ4n) is 3.90. The van der Waals surface area contributed by atoms with Gasteiger partial charge in [0.05, 0.1) is 0 Å². The van der Waals surface area contributed by atoms with E-state index in [0.717, 1.165) is 0 Å². The fraction of sp³-hybridized carbons (Fsp3) is 1.00. The highest BCUT2D eigenvalue weighted by atomic mass is 15.1. The molecule has 2 aliphatic rings. The molecular formula is C16H32N2. The number of hydrogen-bond donors (Lipinski definition) is 1. The van der Waals surface area contributed by atoms with Gasteiger partial charge < -0.3 is 10.2 Å². The van der Waals surface area contributed by atoms with Gasteiger partial charge in [0, 0.05) is 18.6 Å². The predicted molar refractivity (Wildman–Crippen MR) is 78.9 cm³/mol. The zero-order valence-electron chi connectivity index (χ0n) is 12.7. The zero-order valence-corrected chi connectivity index (χ0v) is 12.7. The van der Waals surface area contributed by atoms with Crippen molar-refractivity contribution in [3.63, 3.8) is 0 Å². The van der Waals surface area contributed by atoms with Crippen LogP contribution in [0.25, 0.3) is 0 Å². The van der Waals surface area contributed by atoms with Crippen molar-refractivity contribution < 1.29 is 0 Å².